The first-order valence-electron chi connectivity index (χ1n) is 5.02. The molecule has 2 N–H and O–H groups in total. The Bertz CT molecular complexity index is 671. The largest absolute Gasteiger partial charge is 0.515 e. The number of nitrogens with zero attached hydrogens (tertiary/aromatic N) is 3. The van der Waals surface area contributed by atoms with Crippen LogP contribution in [0.5, 0.6) is 0 Å². The van der Waals surface area contributed by atoms with Crippen molar-refractivity contribution in [2.24, 2.45) is 0 Å². The van der Waals surface area contributed by atoms with Crippen LogP contribution in [0.1, 0.15) is 5.01 Å². The zero-order valence-corrected chi connectivity index (χ0v) is 9.56. The number of hydrogen-bond donors (Lipinski definition) is 2. The smallest absolute Gasteiger partial charge is 0.384 e. The molecule has 1 aromatic carbocycles. The summed E-state index contributed by atoms with van der Waals surface area (Å²) < 4.78 is 1.73. The summed E-state index contributed by atoms with van der Waals surface area (Å²) in [6.45, 7) is 0. The molecule has 6 heteroatoms. The number of aliphatic hydroxyl groups is 1. The van der Waals surface area contributed by atoms with E-state index in [2.05, 4.69) is 15.3 Å². The molecule has 0 aliphatic heterocycles. The van der Waals surface area contributed by atoms with Crippen molar-refractivity contribution in [3.8, 4) is 11.4 Å². The maximum Gasteiger partial charge on any atom is 0.384 e. The molecule has 5 nitrogen and oxygen atoms in total. The molecular weight excluding hydrogens is 236 g/mol. The van der Waals surface area contributed by atoms with Crippen molar-refractivity contribution in [3.05, 3.63) is 41.6 Å². The van der Waals surface area contributed by atoms with Crippen molar-refractivity contribution in [1.29, 1.82) is 0 Å². The van der Waals surface area contributed by atoms with Gasteiger partial charge in [0.25, 0.3) is 5.82 Å². The molecule has 0 atom stereocenters. The first-order valence-corrected chi connectivity index (χ1v) is 5.83. The van der Waals surface area contributed by atoms with Crippen LogP contribution in [0.25, 0.3) is 22.4 Å². The minimum absolute atomic E-state index is 0.709. The Balaban J connectivity index is 2.17. The van der Waals surface area contributed by atoms with Crippen LogP contribution in [0, 0.1) is 0 Å². The van der Waals surface area contributed by atoms with Crippen molar-refractivity contribution < 1.29 is 9.62 Å². The van der Waals surface area contributed by atoms with Crippen LogP contribution >= 0.6 is 11.3 Å². The number of fused-ring (bicyclic) bond motifs is 1. The number of hydrogen-bond acceptors (Lipinski definition) is 4. The number of nitrogens with one attached hydrogen (secondary N) is 1. The van der Waals surface area contributed by atoms with E-state index in [1.807, 2.05) is 30.3 Å². The van der Waals surface area contributed by atoms with Gasteiger partial charge in [0.05, 0.1) is 16.9 Å². The quantitative estimate of drug-likeness (QED) is 0.534. The monoisotopic (exact) mass is 245 g/mol. The molecule has 3 rings (SSSR count). The lowest BCUT2D eigenvalue weighted by Crippen LogP contribution is -2.23. The van der Waals surface area contributed by atoms with Gasteiger partial charge in [-0.3, -0.25) is 0 Å². The van der Waals surface area contributed by atoms with Crippen LogP contribution in [0.3, 0.4) is 0 Å². The van der Waals surface area contributed by atoms with E-state index >= 15 is 0 Å². The molecule has 0 aliphatic rings. The van der Waals surface area contributed by atoms with Gasteiger partial charge in [0.15, 0.2) is 5.01 Å². The molecule has 0 spiro atoms. The number of H-pyrrole nitrogens is 1. The van der Waals surface area contributed by atoms with E-state index in [-0.39, 0.29) is 0 Å². The normalized spacial score (nSPS) is 11.5. The molecule has 0 aliphatic carbocycles. The summed E-state index contributed by atoms with van der Waals surface area (Å²) in [5, 5.41) is 20.9. The lowest BCUT2D eigenvalue weighted by molar-refractivity contribution is -0.564. The summed E-state index contributed by atoms with van der Waals surface area (Å²) in [7, 11) is 0. The molecule has 2 heterocycles. The highest BCUT2D eigenvalue weighted by molar-refractivity contribution is 7.16. The fourth-order valence-electron chi connectivity index (χ4n) is 1.58. The lowest BCUT2D eigenvalue weighted by atomic mass is 10.2. The number of aromatic amines is 1. The average Bonchev–Trinajstić information content (AvgIpc) is 2.90. The third kappa shape index (κ3) is 1.68. The van der Waals surface area contributed by atoms with Crippen molar-refractivity contribution in [2.45, 2.75) is 0 Å². The predicted molar refractivity (Wildman–Crippen MR) is 64.5 cm³/mol. The Kier molecular flexibility index (Phi) is 2.34. The van der Waals surface area contributed by atoms with Gasteiger partial charge in [-0.2, -0.15) is 0 Å². The van der Waals surface area contributed by atoms with E-state index in [0.717, 1.165) is 22.6 Å². The standard InChI is InChI=1S/C11H8N4OS/c16-7-6-9-14-15-10(12-13-11(15)17-9)8-4-2-1-3-5-8/h1-7H,(H,14,16)/p+1. The van der Waals surface area contributed by atoms with E-state index < -0.39 is 0 Å². The third-order valence-electron chi connectivity index (χ3n) is 2.31. The molecular formula is C11H9N4OS+. The van der Waals surface area contributed by atoms with Crippen molar-refractivity contribution in [1.82, 2.24) is 15.3 Å². The average molecular weight is 245 g/mol. The second-order valence-electron chi connectivity index (χ2n) is 3.39. The van der Waals surface area contributed by atoms with E-state index in [0.29, 0.717) is 5.01 Å². The highest BCUT2D eigenvalue weighted by Gasteiger charge is 2.19. The van der Waals surface area contributed by atoms with Gasteiger partial charge in [-0.15, -0.1) is 5.10 Å². The van der Waals surface area contributed by atoms with Gasteiger partial charge in [-0.05, 0) is 23.5 Å². The minimum atomic E-state index is 0.709. The molecule has 0 radical (unpaired) electrons. The Labute approximate surface area is 101 Å². The summed E-state index contributed by atoms with van der Waals surface area (Å²) in [5.41, 5.74) is 1.02. The van der Waals surface area contributed by atoms with Crippen molar-refractivity contribution >= 4 is 22.4 Å². The van der Waals surface area contributed by atoms with Crippen LogP contribution < -0.4 is 4.52 Å². The molecule has 3 aromatic rings. The van der Waals surface area contributed by atoms with Gasteiger partial charge >= 0.3 is 4.96 Å². The molecule has 0 bridgehead atoms. The predicted octanol–water partition coefficient (Wildman–Crippen LogP) is 1.80. The first kappa shape index (κ1) is 9.98. The van der Waals surface area contributed by atoms with E-state index in [1.165, 1.54) is 17.4 Å². The van der Waals surface area contributed by atoms with Gasteiger partial charge in [-0.25, -0.2) is 0 Å². The lowest BCUT2D eigenvalue weighted by Gasteiger charge is -1.90. The summed E-state index contributed by atoms with van der Waals surface area (Å²) >= 11 is 1.40. The van der Waals surface area contributed by atoms with Gasteiger partial charge in [0.2, 0.25) is 0 Å². The van der Waals surface area contributed by atoms with E-state index in [4.69, 9.17) is 5.11 Å². The van der Waals surface area contributed by atoms with Crippen LogP contribution in [-0.2, 0) is 0 Å². The Hall–Kier alpha value is -2.21. The summed E-state index contributed by atoms with van der Waals surface area (Å²) in [4.78, 5) is 0.761. The molecule has 2 aromatic heterocycles. The van der Waals surface area contributed by atoms with Gasteiger partial charge in [-0.1, -0.05) is 27.8 Å². The third-order valence-corrected chi connectivity index (χ3v) is 3.18. The second-order valence-corrected chi connectivity index (χ2v) is 4.38. The summed E-state index contributed by atoms with van der Waals surface area (Å²) in [6.07, 6.45) is 2.51. The fraction of sp³-hybridized carbons (Fsp3) is 0. The van der Waals surface area contributed by atoms with Crippen molar-refractivity contribution in [2.75, 3.05) is 0 Å². The highest BCUT2D eigenvalue weighted by atomic mass is 32.1. The van der Waals surface area contributed by atoms with Crippen LogP contribution in [-0.4, -0.2) is 20.4 Å². The summed E-state index contributed by atoms with van der Waals surface area (Å²) in [6, 6.07) is 9.86. The molecule has 0 saturated carbocycles. The summed E-state index contributed by atoms with van der Waals surface area (Å²) in [5.74, 6) is 0.828. The van der Waals surface area contributed by atoms with E-state index in [9.17, 15) is 0 Å². The van der Waals surface area contributed by atoms with Gasteiger partial charge < -0.3 is 5.11 Å². The zero-order chi connectivity index (χ0) is 11.7. The Morgan fingerprint density at radius 2 is 2.12 bits per heavy atom. The topological polar surface area (TPSA) is 65.9 Å². The van der Waals surface area contributed by atoms with Gasteiger partial charge in [0, 0.05) is 6.08 Å². The van der Waals surface area contributed by atoms with Gasteiger partial charge in [0.1, 0.15) is 0 Å². The Morgan fingerprint density at radius 1 is 1.29 bits per heavy atom. The minimum Gasteiger partial charge on any atom is -0.515 e. The number of rotatable bonds is 2. The number of benzene rings is 1. The SMILES string of the molecule is O/C=C/c1n[n+]2c(-c3ccccc3)[nH]nc2s1. The van der Waals surface area contributed by atoms with Crippen molar-refractivity contribution in [3.63, 3.8) is 0 Å². The molecule has 84 valence electrons. The molecule has 0 fully saturated rings. The highest BCUT2D eigenvalue weighted by Crippen LogP contribution is 2.15. The number of aliphatic hydroxyl groups excluding tert-OH is 1. The molecule has 0 unspecified atom stereocenters. The van der Waals surface area contributed by atoms with Crippen LogP contribution in [0.4, 0.5) is 0 Å². The molecule has 0 saturated heterocycles. The van der Waals surface area contributed by atoms with Crippen LogP contribution in [0.2, 0.25) is 0 Å². The maximum atomic E-state index is 8.72. The maximum absolute atomic E-state index is 8.72. The first-order chi connectivity index (χ1) is 8.38. The van der Waals surface area contributed by atoms with Crippen LogP contribution in [0.15, 0.2) is 36.6 Å². The fourth-order valence-corrected chi connectivity index (χ4v) is 2.32. The molecule has 17 heavy (non-hydrogen) atoms. The second kappa shape index (κ2) is 3.99. The number of aromatic nitrogens is 4. The molecule has 0 amide bonds. The Morgan fingerprint density at radius 3 is 2.88 bits per heavy atom. The zero-order valence-electron chi connectivity index (χ0n) is 8.74. The van der Waals surface area contributed by atoms with E-state index in [1.54, 1.807) is 4.52 Å².